The van der Waals surface area contributed by atoms with Crippen LogP contribution in [0.4, 0.5) is 0 Å². The van der Waals surface area contributed by atoms with Gasteiger partial charge in [-0.1, -0.05) is 0 Å². The molecule has 1 aromatic heterocycles. The predicted octanol–water partition coefficient (Wildman–Crippen LogP) is -1.79. The molecular formula is C6H12N8. The van der Waals surface area contributed by atoms with Crippen molar-refractivity contribution in [3.8, 4) is 0 Å². The van der Waals surface area contributed by atoms with E-state index in [1.54, 1.807) is 11.0 Å². The molecule has 1 aliphatic heterocycles. The summed E-state index contributed by atoms with van der Waals surface area (Å²) < 4.78 is 1.67. The molecule has 2 rings (SSSR count). The standard InChI is InChI=1S/C6H12N8/c1-13(2)6-9-4(10-7)5-11-8-3-14(5)12-6/h3-4,10H,7H2,1-2H3,(H,9,12). The zero-order chi connectivity index (χ0) is 10.1. The van der Waals surface area contributed by atoms with Crippen LogP contribution in [0.5, 0.6) is 0 Å². The lowest BCUT2D eigenvalue weighted by Gasteiger charge is -2.25. The first-order valence-electron chi connectivity index (χ1n) is 4.10. The highest BCUT2D eigenvalue weighted by Crippen LogP contribution is 2.13. The number of fused-ring (bicyclic) bond motifs is 1. The molecular weight excluding hydrogens is 184 g/mol. The third kappa shape index (κ3) is 1.30. The van der Waals surface area contributed by atoms with E-state index in [1.165, 1.54) is 0 Å². The molecule has 76 valence electrons. The van der Waals surface area contributed by atoms with Crippen LogP contribution in [-0.2, 0) is 0 Å². The lowest BCUT2D eigenvalue weighted by Crippen LogP contribution is -2.43. The largest absolute Gasteiger partial charge is 0.348 e. The van der Waals surface area contributed by atoms with E-state index in [2.05, 4.69) is 26.0 Å². The Morgan fingerprint density at radius 2 is 2.43 bits per heavy atom. The fourth-order valence-electron chi connectivity index (χ4n) is 1.16. The monoisotopic (exact) mass is 196 g/mol. The fraction of sp³-hybridized carbons (Fsp3) is 0.500. The SMILES string of the molecule is CN(C)C1=NC(NN)c2nncn2N1. The Balaban J connectivity index is 2.34. The van der Waals surface area contributed by atoms with E-state index in [-0.39, 0.29) is 6.17 Å². The van der Waals surface area contributed by atoms with E-state index in [9.17, 15) is 0 Å². The zero-order valence-corrected chi connectivity index (χ0v) is 7.97. The second kappa shape index (κ2) is 3.24. The van der Waals surface area contributed by atoms with E-state index < -0.39 is 0 Å². The number of aromatic nitrogens is 3. The summed E-state index contributed by atoms with van der Waals surface area (Å²) in [6, 6.07) is 0. The van der Waals surface area contributed by atoms with Gasteiger partial charge in [-0.15, -0.1) is 10.2 Å². The highest BCUT2D eigenvalue weighted by molar-refractivity contribution is 5.87. The van der Waals surface area contributed by atoms with E-state index in [1.807, 2.05) is 19.0 Å². The smallest absolute Gasteiger partial charge is 0.215 e. The van der Waals surface area contributed by atoms with Gasteiger partial charge < -0.3 is 4.90 Å². The van der Waals surface area contributed by atoms with Crippen LogP contribution in [0.15, 0.2) is 11.3 Å². The fourth-order valence-corrected chi connectivity index (χ4v) is 1.16. The molecule has 1 atom stereocenters. The third-order valence-electron chi connectivity index (χ3n) is 1.87. The molecule has 8 nitrogen and oxygen atoms in total. The Morgan fingerprint density at radius 3 is 3.07 bits per heavy atom. The molecule has 1 aromatic rings. The maximum atomic E-state index is 5.36. The van der Waals surface area contributed by atoms with Crippen molar-refractivity contribution in [1.82, 2.24) is 25.2 Å². The Labute approximate surface area is 80.7 Å². The van der Waals surface area contributed by atoms with Crippen molar-refractivity contribution in [3.05, 3.63) is 12.2 Å². The van der Waals surface area contributed by atoms with E-state index in [0.717, 1.165) is 0 Å². The molecule has 0 aromatic carbocycles. The normalized spacial score (nSPS) is 19.6. The van der Waals surface area contributed by atoms with Gasteiger partial charge >= 0.3 is 0 Å². The van der Waals surface area contributed by atoms with E-state index >= 15 is 0 Å². The van der Waals surface area contributed by atoms with Crippen molar-refractivity contribution in [2.24, 2.45) is 10.8 Å². The molecule has 1 aliphatic rings. The molecule has 0 aliphatic carbocycles. The van der Waals surface area contributed by atoms with Crippen LogP contribution < -0.4 is 16.7 Å². The van der Waals surface area contributed by atoms with Gasteiger partial charge in [0.15, 0.2) is 12.0 Å². The van der Waals surface area contributed by atoms with Gasteiger partial charge in [-0.3, -0.25) is 11.3 Å². The van der Waals surface area contributed by atoms with Crippen molar-refractivity contribution in [2.45, 2.75) is 6.17 Å². The van der Waals surface area contributed by atoms with Crippen LogP contribution in [0.3, 0.4) is 0 Å². The first-order valence-corrected chi connectivity index (χ1v) is 4.10. The molecule has 0 saturated heterocycles. The molecule has 14 heavy (non-hydrogen) atoms. The summed E-state index contributed by atoms with van der Waals surface area (Å²) in [5.41, 5.74) is 5.57. The number of aliphatic imine (C=N–C) groups is 1. The quantitative estimate of drug-likeness (QED) is 0.363. The summed E-state index contributed by atoms with van der Waals surface area (Å²) in [4.78, 5) is 6.13. The van der Waals surface area contributed by atoms with Crippen molar-refractivity contribution in [2.75, 3.05) is 19.5 Å². The summed E-state index contributed by atoms with van der Waals surface area (Å²) >= 11 is 0. The van der Waals surface area contributed by atoms with Crippen LogP contribution in [0, 0.1) is 0 Å². The lowest BCUT2D eigenvalue weighted by molar-refractivity contribution is 0.492. The number of nitrogens with zero attached hydrogens (tertiary/aromatic N) is 5. The van der Waals surface area contributed by atoms with Gasteiger partial charge in [0.1, 0.15) is 6.33 Å². The summed E-state index contributed by atoms with van der Waals surface area (Å²) in [7, 11) is 3.77. The molecule has 0 spiro atoms. The number of hydrazine groups is 1. The molecule has 0 radical (unpaired) electrons. The topological polar surface area (TPSA) is 96.4 Å². The number of rotatable bonds is 1. The van der Waals surface area contributed by atoms with Gasteiger partial charge in [0.25, 0.3) is 0 Å². The minimum absolute atomic E-state index is 0.365. The summed E-state index contributed by atoms with van der Waals surface area (Å²) in [6.45, 7) is 0. The van der Waals surface area contributed by atoms with Gasteiger partial charge in [-0.05, 0) is 0 Å². The Kier molecular flexibility index (Phi) is 2.06. The predicted molar refractivity (Wildman–Crippen MR) is 50.6 cm³/mol. The second-order valence-electron chi connectivity index (χ2n) is 3.09. The number of hydrogen-bond donors (Lipinski definition) is 3. The number of guanidine groups is 1. The Hall–Kier alpha value is -1.67. The third-order valence-corrected chi connectivity index (χ3v) is 1.87. The van der Waals surface area contributed by atoms with Crippen LogP contribution in [-0.4, -0.2) is 39.8 Å². The van der Waals surface area contributed by atoms with Gasteiger partial charge in [-0.2, -0.15) is 0 Å². The second-order valence-corrected chi connectivity index (χ2v) is 3.09. The van der Waals surface area contributed by atoms with Gasteiger partial charge in [0.05, 0.1) is 0 Å². The van der Waals surface area contributed by atoms with Gasteiger partial charge in [0.2, 0.25) is 5.96 Å². The van der Waals surface area contributed by atoms with E-state index in [0.29, 0.717) is 11.8 Å². The van der Waals surface area contributed by atoms with Crippen molar-refractivity contribution in [3.63, 3.8) is 0 Å². The maximum Gasteiger partial charge on any atom is 0.215 e. The summed E-state index contributed by atoms with van der Waals surface area (Å²) in [6.07, 6.45) is 1.20. The molecule has 8 heteroatoms. The van der Waals surface area contributed by atoms with Crippen LogP contribution in [0.25, 0.3) is 0 Å². The molecule has 2 heterocycles. The minimum Gasteiger partial charge on any atom is -0.348 e. The minimum atomic E-state index is -0.365. The van der Waals surface area contributed by atoms with Crippen LogP contribution in [0.1, 0.15) is 12.0 Å². The first kappa shape index (κ1) is 8.91. The average Bonchev–Trinajstić information content (AvgIpc) is 2.63. The number of hydrogen-bond acceptors (Lipinski definition) is 7. The van der Waals surface area contributed by atoms with Gasteiger partial charge in [0, 0.05) is 14.1 Å². The highest BCUT2D eigenvalue weighted by Gasteiger charge is 2.22. The molecule has 0 saturated carbocycles. The van der Waals surface area contributed by atoms with Crippen molar-refractivity contribution >= 4 is 5.96 Å². The van der Waals surface area contributed by atoms with Gasteiger partial charge in [-0.25, -0.2) is 15.1 Å². The summed E-state index contributed by atoms with van der Waals surface area (Å²) in [5, 5.41) is 7.64. The van der Waals surface area contributed by atoms with Crippen LogP contribution in [0.2, 0.25) is 0 Å². The first-order chi connectivity index (χ1) is 6.72. The molecule has 0 fully saturated rings. The van der Waals surface area contributed by atoms with Crippen molar-refractivity contribution < 1.29 is 0 Å². The zero-order valence-electron chi connectivity index (χ0n) is 7.97. The van der Waals surface area contributed by atoms with E-state index in [4.69, 9.17) is 5.84 Å². The van der Waals surface area contributed by atoms with Crippen molar-refractivity contribution in [1.29, 1.82) is 0 Å². The summed E-state index contributed by atoms with van der Waals surface area (Å²) in [5.74, 6) is 6.69. The molecule has 0 bridgehead atoms. The average molecular weight is 196 g/mol. The van der Waals surface area contributed by atoms with Crippen LogP contribution >= 0.6 is 0 Å². The Morgan fingerprint density at radius 1 is 1.64 bits per heavy atom. The molecule has 0 amide bonds. The molecule has 4 N–H and O–H groups in total. The highest BCUT2D eigenvalue weighted by atomic mass is 15.6. The molecule has 1 unspecified atom stereocenters. The Bertz CT molecular complexity index is 352. The number of nitrogens with one attached hydrogen (secondary N) is 2. The number of nitrogens with two attached hydrogens (primary N) is 1. The maximum absolute atomic E-state index is 5.36. The lowest BCUT2D eigenvalue weighted by atomic mass is 10.4.